The van der Waals surface area contributed by atoms with Gasteiger partial charge in [-0.1, -0.05) is 19.8 Å². The zero-order valence-corrected chi connectivity index (χ0v) is 11.0. The van der Waals surface area contributed by atoms with Crippen molar-refractivity contribution in [3.8, 4) is 0 Å². The van der Waals surface area contributed by atoms with Gasteiger partial charge in [-0.25, -0.2) is 0 Å². The van der Waals surface area contributed by atoms with Crippen molar-refractivity contribution in [2.24, 2.45) is 5.92 Å². The highest BCUT2D eigenvalue weighted by molar-refractivity contribution is 4.81. The van der Waals surface area contributed by atoms with Crippen LogP contribution in [0.5, 0.6) is 0 Å². The lowest BCUT2D eigenvalue weighted by atomic mass is 10.0. The first-order chi connectivity index (χ1) is 7.75. The van der Waals surface area contributed by atoms with Gasteiger partial charge in [-0.2, -0.15) is 0 Å². The van der Waals surface area contributed by atoms with E-state index in [1.807, 2.05) is 0 Å². The van der Waals surface area contributed by atoms with Gasteiger partial charge in [-0.3, -0.25) is 4.90 Å². The maximum absolute atomic E-state index is 3.60. The number of nitrogens with one attached hydrogen (secondary N) is 1. The fraction of sp³-hybridized carbons (Fsp3) is 1.00. The van der Waals surface area contributed by atoms with Crippen LogP contribution in [0, 0.1) is 5.92 Å². The van der Waals surface area contributed by atoms with Crippen LogP contribution in [0.1, 0.15) is 52.4 Å². The molecule has 3 unspecified atom stereocenters. The average molecular weight is 224 g/mol. The van der Waals surface area contributed by atoms with Crippen LogP contribution in [-0.4, -0.2) is 36.6 Å². The van der Waals surface area contributed by atoms with E-state index < -0.39 is 0 Å². The SMILES string of the molecule is CC1CCCC(N2CCCNC(C)C2)CC1. The molecule has 2 aliphatic rings. The van der Waals surface area contributed by atoms with E-state index in [1.54, 1.807) is 0 Å². The van der Waals surface area contributed by atoms with Gasteiger partial charge in [0, 0.05) is 18.6 Å². The van der Waals surface area contributed by atoms with Crippen molar-refractivity contribution < 1.29 is 0 Å². The molecule has 0 aromatic rings. The van der Waals surface area contributed by atoms with E-state index >= 15 is 0 Å². The minimum absolute atomic E-state index is 0.683. The Balaban J connectivity index is 1.89. The molecular weight excluding hydrogens is 196 g/mol. The Bertz CT molecular complexity index is 205. The normalized spacial score (nSPS) is 39.0. The minimum Gasteiger partial charge on any atom is -0.313 e. The fourth-order valence-electron chi connectivity index (χ4n) is 3.30. The van der Waals surface area contributed by atoms with Crippen molar-refractivity contribution in [1.29, 1.82) is 0 Å². The van der Waals surface area contributed by atoms with Gasteiger partial charge < -0.3 is 5.32 Å². The first-order valence-electron chi connectivity index (χ1n) is 7.23. The molecule has 0 amide bonds. The fourth-order valence-corrected chi connectivity index (χ4v) is 3.30. The zero-order valence-electron chi connectivity index (χ0n) is 11.0. The van der Waals surface area contributed by atoms with Gasteiger partial charge in [0.05, 0.1) is 0 Å². The van der Waals surface area contributed by atoms with Gasteiger partial charge in [-0.15, -0.1) is 0 Å². The molecule has 0 aromatic heterocycles. The van der Waals surface area contributed by atoms with Crippen LogP contribution in [0.15, 0.2) is 0 Å². The molecule has 16 heavy (non-hydrogen) atoms. The first-order valence-corrected chi connectivity index (χ1v) is 7.23. The molecule has 2 nitrogen and oxygen atoms in total. The Hall–Kier alpha value is -0.0800. The molecule has 2 heteroatoms. The van der Waals surface area contributed by atoms with E-state index in [9.17, 15) is 0 Å². The molecule has 1 heterocycles. The molecule has 1 aliphatic carbocycles. The molecule has 0 radical (unpaired) electrons. The van der Waals surface area contributed by atoms with Gasteiger partial charge in [0.1, 0.15) is 0 Å². The summed E-state index contributed by atoms with van der Waals surface area (Å²) in [6.07, 6.45) is 8.56. The topological polar surface area (TPSA) is 15.3 Å². The highest BCUT2D eigenvalue weighted by Gasteiger charge is 2.24. The molecule has 94 valence electrons. The van der Waals surface area contributed by atoms with Crippen molar-refractivity contribution in [2.75, 3.05) is 19.6 Å². The summed E-state index contributed by atoms with van der Waals surface area (Å²) >= 11 is 0. The number of hydrogen-bond acceptors (Lipinski definition) is 2. The highest BCUT2D eigenvalue weighted by Crippen LogP contribution is 2.26. The number of nitrogens with zero attached hydrogens (tertiary/aromatic N) is 1. The highest BCUT2D eigenvalue weighted by atomic mass is 15.2. The second-order valence-corrected chi connectivity index (χ2v) is 5.97. The molecule has 1 aliphatic heterocycles. The van der Waals surface area contributed by atoms with E-state index in [1.165, 1.54) is 58.2 Å². The number of rotatable bonds is 1. The molecule has 1 N–H and O–H groups in total. The second kappa shape index (κ2) is 6.02. The summed E-state index contributed by atoms with van der Waals surface area (Å²) in [5.74, 6) is 0.965. The van der Waals surface area contributed by atoms with Crippen LogP contribution >= 0.6 is 0 Å². The maximum atomic E-state index is 3.60. The third-order valence-corrected chi connectivity index (χ3v) is 4.37. The Morgan fingerprint density at radius 2 is 1.88 bits per heavy atom. The largest absolute Gasteiger partial charge is 0.313 e. The predicted molar refractivity (Wildman–Crippen MR) is 69.7 cm³/mol. The lowest BCUT2D eigenvalue weighted by molar-refractivity contribution is 0.177. The molecule has 1 saturated heterocycles. The molecule has 1 saturated carbocycles. The Labute approximate surface area is 101 Å². The van der Waals surface area contributed by atoms with E-state index in [4.69, 9.17) is 0 Å². The van der Waals surface area contributed by atoms with E-state index in [2.05, 4.69) is 24.1 Å². The molecule has 0 aromatic carbocycles. The maximum Gasteiger partial charge on any atom is 0.0166 e. The van der Waals surface area contributed by atoms with Gasteiger partial charge in [0.25, 0.3) is 0 Å². The molecule has 0 spiro atoms. The van der Waals surface area contributed by atoms with Gasteiger partial charge in [-0.05, 0) is 51.6 Å². The van der Waals surface area contributed by atoms with E-state index in [-0.39, 0.29) is 0 Å². The van der Waals surface area contributed by atoms with Crippen LogP contribution in [0.25, 0.3) is 0 Å². The predicted octanol–water partition coefficient (Wildman–Crippen LogP) is 2.64. The lowest BCUT2D eigenvalue weighted by Gasteiger charge is -2.31. The minimum atomic E-state index is 0.683. The molecule has 2 fully saturated rings. The molecular formula is C14H28N2. The zero-order chi connectivity index (χ0) is 11.4. The van der Waals surface area contributed by atoms with Crippen molar-refractivity contribution in [3.63, 3.8) is 0 Å². The van der Waals surface area contributed by atoms with Crippen molar-refractivity contribution in [3.05, 3.63) is 0 Å². The van der Waals surface area contributed by atoms with Crippen molar-refractivity contribution >= 4 is 0 Å². The second-order valence-electron chi connectivity index (χ2n) is 5.97. The third kappa shape index (κ3) is 3.46. The van der Waals surface area contributed by atoms with Crippen molar-refractivity contribution in [1.82, 2.24) is 10.2 Å². The summed E-state index contributed by atoms with van der Waals surface area (Å²) < 4.78 is 0. The van der Waals surface area contributed by atoms with Gasteiger partial charge in [0.2, 0.25) is 0 Å². The summed E-state index contributed by atoms with van der Waals surface area (Å²) in [7, 11) is 0. The lowest BCUT2D eigenvalue weighted by Crippen LogP contribution is -2.41. The monoisotopic (exact) mass is 224 g/mol. The molecule has 3 atom stereocenters. The Kier molecular flexibility index (Phi) is 4.66. The molecule has 2 rings (SSSR count). The molecule has 0 bridgehead atoms. The van der Waals surface area contributed by atoms with Crippen molar-refractivity contribution in [2.45, 2.75) is 64.5 Å². The number of hydrogen-bond donors (Lipinski definition) is 1. The Morgan fingerprint density at radius 1 is 1.00 bits per heavy atom. The summed E-state index contributed by atoms with van der Waals surface area (Å²) in [5.41, 5.74) is 0. The van der Waals surface area contributed by atoms with Crippen LogP contribution in [-0.2, 0) is 0 Å². The van der Waals surface area contributed by atoms with Crippen LogP contribution in [0.4, 0.5) is 0 Å². The quantitative estimate of drug-likeness (QED) is 0.689. The Morgan fingerprint density at radius 3 is 2.75 bits per heavy atom. The van der Waals surface area contributed by atoms with Crippen LogP contribution in [0.3, 0.4) is 0 Å². The van der Waals surface area contributed by atoms with Gasteiger partial charge >= 0.3 is 0 Å². The first kappa shape index (κ1) is 12.4. The summed E-state index contributed by atoms with van der Waals surface area (Å²) in [6.45, 7) is 8.54. The smallest absolute Gasteiger partial charge is 0.0166 e. The average Bonchev–Trinajstić information content (AvgIpc) is 2.58. The van der Waals surface area contributed by atoms with Gasteiger partial charge in [0.15, 0.2) is 0 Å². The summed E-state index contributed by atoms with van der Waals surface area (Å²) in [4.78, 5) is 2.77. The third-order valence-electron chi connectivity index (χ3n) is 4.37. The summed E-state index contributed by atoms with van der Waals surface area (Å²) in [5, 5.41) is 3.60. The van der Waals surface area contributed by atoms with E-state index in [0.29, 0.717) is 6.04 Å². The summed E-state index contributed by atoms with van der Waals surface area (Å²) in [6, 6.07) is 1.57. The van der Waals surface area contributed by atoms with Crippen LogP contribution < -0.4 is 5.32 Å². The van der Waals surface area contributed by atoms with E-state index in [0.717, 1.165) is 12.0 Å². The van der Waals surface area contributed by atoms with Crippen LogP contribution in [0.2, 0.25) is 0 Å². The standard InChI is InChI=1S/C14H28N2/c1-12-5-3-6-14(8-7-12)16-10-4-9-15-13(2)11-16/h12-15H,3-11H2,1-2H3.